The van der Waals surface area contributed by atoms with Gasteiger partial charge in [0.2, 0.25) is 0 Å². The first-order valence-electron chi connectivity index (χ1n) is 5.95. The van der Waals surface area contributed by atoms with Crippen molar-refractivity contribution in [1.29, 1.82) is 0 Å². The lowest BCUT2D eigenvalue weighted by molar-refractivity contribution is 0.0391. The van der Waals surface area contributed by atoms with Crippen LogP contribution in [0.5, 0.6) is 5.75 Å². The summed E-state index contributed by atoms with van der Waals surface area (Å²) in [5, 5.41) is 3.42. The Hall–Kier alpha value is -1.33. The number of ether oxygens (including phenoxy) is 2. The summed E-state index contributed by atoms with van der Waals surface area (Å²) >= 11 is 0. The van der Waals surface area contributed by atoms with Crippen molar-refractivity contribution in [3.8, 4) is 5.75 Å². The van der Waals surface area contributed by atoms with E-state index in [1.807, 2.05) is 12.3 Å². The molecule has 5 nitrogen and oxygen atoms in total. The fourth-order valence-corrected chi connectivity index (χ4v) is 2.45. The van der Waals surface area contributed by atoms with Crippen molar-refractivity contribution in [2.24, 2.45) is 0 Å². The van der Waals surface area contributed by atoms with E-state index in [0.717, 1.165) is 37.7 Å². The zero-order valence-electron chi connectivity index (χ0n) is 9.93. The molecule has 0 spiro atoms. The molecule has 1 aromatic rings. The normalized spacial score (nSPS) is 27.9. The summed E-state index contributed by atoms with van der Waals surface area (Å²) < 4.78 is 11.0. The van der Waals surface area contributed by atoms with E-state index in [1.165, 1.54) is 0 Å². The minimum Gasteiger partial charge on any atom is -0.495 e. The summed E-state index contributed by atoms with van der Waals surface area (Å²) in [7, 11) is 1.67. The highest BCUT2D eigenvalue weighted by molar-refractivity contribution is 5.50. The first-order valence-corrected chi connectivity index (χ1v) is 5.95. The van der Waals surface area contributed by atoms with Crippen LogP contribution in [-0.2, 0) is 4.74 Å². The van der Waals surface area contributed by atoms with E-state index in [4.69, 9.17) is 9.47 Å². The Kier molecular flexibility index (Phi) is 2.86. The van der Waals surface area contributed by atoms with E-state index >= 15 is 0 Å². The van der Waals surface area contributed by atoms with Crippen molar-refractivity contribution < 1.29 is 9.47 Å². The van der Waals surface area contributed by atoms with Gasteiger partial charge in [-0.05, 0) is 0 Å². The molecule has 0 aliphatic carbocycles. The Labute approximate surface area is 101 Å². The van der Waals surface area contributed by atoms with Crippen LogP contribution in [0.2, 0.25) is 0 Å². The van der Waals surface area contributed by atoms with E-state index < -0.39 is 0 Å². The Morgan fingerprint density at radius 2 is 2.41 bits per heavy atom. The molecule has 2 bridgehead atoms. The van der Waals surface area contributed by atoms with Gasteiger partial charge in [-0.25, -0.2) is 0 Å². The number of pyridine rings is 1. The minimum atomic E-state index is 0.278. The number of aromatic nitrogens is 1. The molecule has 0 saturated carbocycles. The SMILES string of the molecule is COc1cncc(N2CC3CNCC2CO3)c1. The smallest absolute Gasteiger partial charge is 0.139 e. The Morgan fingerprint density at radius 3 is 3.29 bits per heavy atom. The molecule has 2 atom stereocenters. The first-order chi connectivity index (χ1) is 8.36. The van der Waals surface area contributed by atoms with Crippen molar-refractivity contribution in [2.45, 2.75) is 12.1 Å². The quantitative estimate of drug-likeness (QED) is 0.797. The third-order valence-electron chi connectivity index (χ3n) is 3.38. The molecular weight excluding hydrogens is 218 g/mol. The summed E-state index contributed by atoms with van der Waals surface area (Å²) in [4.78, 5) is 6.58. The van der Waals surface area contributed by atoms with Crippen LogP contribution < -0.4 is 15.0 Å². The Bertz CT molecular complexity index is 395. The number of hydrogen-bond donors (Lipinski definition) is 1. The molecule has 1 N–H and O–H groups in total. The van der Waals surface area contributed by atoms with Crippen LogP contribution in [0.1, 0.15) is 0 Å². The highest BCUT2D eigenvalue weighted by Gasteiger charge is 2.32. The highest BCUT2D eigenvalue weighted by Crippen LogP contribution is 2.25. The van der Waals surface area contributed by atoms with Gasteiger partial charge in [0, 0.05) is 25.7 Å². The maximum absolute atomic E-state index is 5.75. The molecule has 0 aromatic carbocycles. The van der Waals surface area contributed by atoms with Crippen LogP contribution in [0.25, 0.3) is 0 Å². The number of morpholine rings is 1. The Morgan fingerprint density at radius 1 is 1.47 bits per heavy atom. The van der Waals surface area contributed by atoms with Gasteiger partial charge < -0.3 is 19.7 Å². The fourth-order valence-electron chi connectivity index (χ4n) is 2.45. The molecule has 2 unspecified atom stereocenters. The number of fused-ring (bicyclic) bond motifs is 4. The number of methoxy groups -OCH3 is 1. The van der Waals surface area contributed by atoms with Crippen molar-refractivity contribution in [1.82, 2.24) is 10.3 Å². The van der Waals surface area contributed by atoms with Gasteiger partial charge in [-0.15, -0.1) is 0 Å². The maximum atomic E-state index is 5.75. The third kappa shape index (κ3) is 2.08. The fraction of sp³-hybridized carbons (Fsp3) is 0.583. The molecular formula is C12H17N3O2. The third-order valence-corrected chi connectivity index (χ3v) is 3.38. The monoisotopic (exact) mass is 235 g/mol. The van der Waals surface area contributed by atoms with Crippen molar-refractivity contribution in [3.05, 3.63) is 18.5 Å². The molecule has 4 rings (SSSR count). The summed E-state index contributed by atoms with van der Waals surface area (Å²) in [5.41, 5.74) is 1.12. The summed E-state index contributed by atoms with van der Waals surface area (Å²) in [6.07, 6.45) is 3.90. The van der Waals surface area contributed by atoms with E-state index in [0.29, 0.717) is 6.04 Å². The molecule has 3 fully saturated rings. The van der Waals surface area contributed by atoms with Crippen molar-refractivity contribution in [2.75, 3.05) is 38.3 Å². The number of rotatable bonds is 2. The highest BCUT2D eigenvalue weighted by atomic mass is 16.5. The van der Waals surface area contributed by atoms with Crippen LogP contribution in [0.15, 0.2) is 18.5 Å². The van der Waals surface area contributed by atoms with Crippen LogP contribution in [0.3, 0.4) is 0 Å². The minimum absolute atomic E-state index is 0.278. The molecule has 92 valence electrons. The number of nitrogens with zero attached hydrogens (tertiary/aromatic N) is 2. The number of hydrogen-bond acceptors (Lipinski definition) is 5. The second-order valence-corrected chi connectivity index (χ2v) is 4.50. The van der Waals surface area contributed by atoms with Gasteiger partial charge in [-0.3, -0.25) is 4.98 Å². The van der Waals surface area contributed by atoms with Crippen LogP contribution in [0.4, 0.5) is 5.69 Å². The molecule has 3 aliphatic heterocycles. The lowest BCUT2D eigenvalue weighted by Crippen LogP contribution is -2.49. The van der Waals surface area contributed by atoms with Gasteiger partial charge in [0.25, 0.3) is 0 Å². The van der Waals surface area contributed by atoms with Gasteiger partial charge in [0.15, 0.2) is 0 Å². The lowest BCUT2D eigenvalue weighted by atomic mass is 10.2. The van der Waals surface area contributed by atoms with E-state index in [2.05, 4.69) is 15.2 Å². The second kappa shape index (κ2) is 4.50. The molecule has 5 heteroatoms. The van der Waals surface area contributed by atoms with Gasteiger partial charge in [-0.1, -0.05) is 0 Å². The summed E-state index contributed by atoms with van der Waals surface area (Å²) in [6, 6.07) is 2.43. The number of nitrogens with one attached hydrogen (secondary N) is 1. The van der Waals surface area contributed by atoms with E-state index in [9.17, 15) is 0 Å². The first kappa shape index (κ1) is 10.8. The average Bonchev–Trinajstić information content (AvgIpc) is 2.74. The van der Waals surface area contributed by atoms with E-state index in [1.54, 1.807) is 13.3 Å². The largest absolute Gasteiger partial charge is 0.495 e. The van der Waals surface area contributed by atoms with Crippen LogP contribution in [0, 0.1) is 0 Å². The maximum Gasteiger partial charge on any atom is 0.139 e. The van der Waals surface area contributed by atoms with Gasteiger partial charge >= 0.3 is 0 Å². The molecule has 1 aromatic heterocycles. The Balaban J connectivity index is 1.87. The molecule has 0 amide bonds. The zero-order valence-corrected chi connectivity index (χ0v) is 9.93. The predicted octanol–water partition coefficient (Wildman–Crippen LogP) is 0.267. The summed E-state index contributed by atoms with van der Waals surface area (Å²) in [6.45, 7) is 3.61. The molecule has 17 heavy (non-hydrogen) atoms. The summed E-state index contributed by atoms with van der Waals surface area (Å²) in [5.74, 6) is 0.802. The van der Waals surface area contributed by atoms with E-state index in [-0.39, 0.29) is 6.10 Å². The zero-order chi connectivity index (χ0) is 11.7. The lowest BCUT2D eigenvalue weighted by Gasteiger charge is -2.37. The second-order valence-electron chi connectivity index (χ2n) is 4.50. The van der Waals surface area contributed by atoms with Gasteiger partial charge in [-0.2, -0.15) is 0 Å². The molecule has 4 heterocycles. The van der Waals surface area contributed by atoms with Crippen LogP contribution in [-0.4, -0.2) is 50.5 Å². The molecule has 3 aliphatic rings. The average molecular weight is 235 g/mol. The topological polar surface area (TPSA) is 46.6 Å². The van der Waals surface area contributed by atoms with Crippen molar-refractivity contribution >= 4 is 5.69 Å². The predicted molar refractivity (Wildman–Crippen MR) is 64.5 cm³/mol. The van der Waals surface area contributed by atoms with Gasteiger partial charge in [0.05, 0.1) is 43.9 Å². The standard InChI is InChI=1S/C12H17N3O2/c1-16-11-2-9(3-13-5-11)15-7-12-6-14-4-10(15)8-17-12/h2-3,5,10,12,14H,4,6-8H2,1H3. The molecule has 0 radical (unpaired) electrons. The van der Waals surface area contributed by atoms with Gasteiger partial charge in [0.1, 0.15) is 5.75 Å². The number of anilines is 1. The van der Waals surface area contributed by atoms with Crippen molar-refractivity contribution in [3.63, 3.8) is 0 Å². The van der Waals surface area contributed by atoms with Crippen LogP contribution >= 0.6 is 0 Å². The molecule has 3 saturated heterocycles.